The normalized spacial score (nSPS) is 23.5. The van der Waals surface area contributed by atoms with E-state index in [1.54, 1.807) is 47.6 Å². The van der Waals surface area contributed by atoms with Crippen LogP contribution in [0.2, 0.25) is 0 Å². The summed E-state index contributed by atoms with van der Waals surface area (Å²) in [6.07, 6.45) is 6.56. The van der Waals surface area contributed by atoms with Crippen LogP contribution in [0.15, 0.2) is 47.9 Å². The molecule has 0 bridgehead atoms. The molecule has 1 aromatic heterocycles. The first-order valence-corrected chi connectivity index (χ1v) is 10.3. The van der Waals surface area contributed by atoms with Crippen LogP contribution in [0.4, 0.5) is 0 Å². The maximum Gasteiger partial charge on any atom is 0.238 e. The van der Waals surface area contributed by atoms with Gasteiger partial charge in [0, 0.05) is 24.6 Å². The Labute approximate surface area is 157 Å². The Bertz CT molecular complexity index is 989. The van der Waals surface area contributed by atoms with E-state index in [1.807, 2.05) is 0 Å². The molecule has 2 aromatic rings. The third-order valence-corrected chi connectivity index (χ3v) is 7.31. The van der Waals surface area contributed by atoms with Crippen molar-refractivity contribution in [3.8, 4) is 11.8 Å². The fourth-order valence-electron chi connectivity index (χ4n) is 3.26. The van der Waals surface area contributed by atoms with Crippen molar-refractivity contribution in [1.82, 2.24) is 20.2 Å². The fourth-order valence-corrected chi connectivity index (χ4v) is 4.93. The molecule has 1 amide bonds. The van der Waals surface area contributed by atoms with E-state index in [-0.39, 0.29) is 23.8 Å². The lowest BCUT2D eigenvalue weighted by molar-refractivity contribution is -0.123. The van der Waals surface area contributed by atoms with Gasteiger partial charge in [-0.05, 0) is 43.5 Å². The quantitative estimate of drug-likeness (QED) is 0.776. The van der Waals surface area contributed by atoms with Gasteiger partial charge >= 0.3 is 0 Å². The lowest BCUT2D eigenvalue weighted by Crippen LogP contribution is -2.45. The molecule has 0 spiro atoms. The average Bonchev–Trinajstić information content (AvgIpc) is 3.10. The second-order valence-corrected chi connectivity index (χ2v) is 9.24. The summed E-state index contributed by atoms with van der Waals surface area (Å²) in [6.45, 7) is 0.212. The predicted octanol–water partition coefficient (Wildman–Crippen LogP) is 0.549. The molecule has 27 heavy (non-hydrogen) atoms. The Morgan fingerprint density at radius 1 is 1.33 bits per heavy atom. The van der Waals surface area contributed by atoms with Crippen LogP contribution in [0, 0.1) is 11.3 Å². The van der Waals surface area contributed by atoms with Crippen LogP contribution in [0.25, 0.3) is 5.69 Å². The number of carbonyl (C=O) groups excluding carboxylic acids is 1. The summed E-state index contributed by atoms with van der Waals surface area (Å²) in [5.74, 6) is -0.304. The minimum atomic E-state index is -3.56. The zero-order valence-corrected chi connectivity index (χ0v) is 15.3. The summed E-state index contributed by atoms with van der Waals surface area (Å²) in [4.78, 5) is 16.5. The SMILES string of the molecule is N#CC1(NC(=O)C2CC(S(=O)(=O)c3ccc(-n4ccnc4)cc3)CN2)CC1. The summed E-state index contributed by atoms with van der Waals surface area (Å²) in [7, 11) is -3.56. The Morgan fingerprint density at radius 2 is 2.07 bits per heavy atom. The molecule has 1 aromatic carbocycles. The van der Waals surface area contributed by atoms with E-state index in [4.69, 9.17) is 5.26 Å². The first-order valence-electron chi connectivity index (χ1n) is 8.72. The average molecular weight is 385 g/mol. The molecule has 4 rings (SSSR count). The molecule has 8 nitrogen and oxygen atoms in total. The minimum absolute atomic E-state index is 0.193. The van der Waals surface area contributed by atoms with E-state index in [0.29, 0.717) is 12.8 Å². The summed E-state index contributed by atoms with van der Waals surface area (Å²) >= 11 is 0. The molecule has 2 aliphatic rings. The zero-order valence-electron chi connectivity index (χ0n) is 14.5. The molecule has 2 unspecified atom stereocenters. The summed E-state index contributed by atoms with van der Waals surface area (Å²) in [5.41, 5.74) is 0.0679. The van der Waals surface area contributed by atoms with Gasteiger partial charge in [0.05, 0.1) is 28.6 Å². The van der Waals surface area contributed by atoms with Crippen LogP contribution in [0.3, 0.4) is 0 Å². The number of rotatable bonds is 5. The highest BCUT2D eigenvalue weighted by molar-refractivity contribution is 7.92. The molecule has 140 valence electrons. The van der Waals surface area contributed by atoms with Gasteiger partial charge in [0.1, 0.15) is 5.54 Å². The van der Waals surface area contributed by atoms with E-state index >= 15 is 0 Å². The van der Waals surface area contributed by atoms with Crippen molar-refractivity contribution in [3.05, 3.63) is 43.0 Å². The van der Waals surface area contributed by atoms with Crippen molar-refractivity contribution in [2.45, 2.75) is 41.0 Å². The summed E-state index contributed by atoms with van der Waals surface area (Å²) in [6, 6.07) is 8.12. The van der Waals surface area contributed by atoms with Gasteiger partial charge in [-0.3, -0.25) is 4.79 Å². The van der Waals surface area contributed by atoms with E-state index in [0.717, 1.165) is 5.69 Å². The number of carbonyl (C=O) groups is 1. The highest BCUT2D eigenvalue weighted by Crippen LogP contribution is 2.34. The van der Waals surface area contributed by atoms with Gasteiger partial charge in [0.2, 0.25) is 5.91 Å². The number of benzene rings is 1. The van der Waals surface area contributed by atoms with Crippen molar-refractivity contribution < 1.29 is 13.2 Å². The topological polar surface area (TPSA) is 117 Å². The smallest absolute Gasteiger partial charge is 0.238 e. The Hall–Kier alpha value is -2.70. The van der Waals surface area contributed by atoms with Gasteiger partial charge < -0.3 is 15.2 Å². The Morgan fingerprint density at radius 3 is 2.67 bits per heavy atom. The van der Waals surface area contributed by atoms with Gasteiger partial charge in [-0.15, -0.1) is 0 Å². The van der Waals surface area contributed by atoms with Crippen molar-refractivity contribution in [2.24, 2.45) is 0 Å². The van der Waals surface area contributed by atoms with Crippen LogP contribution >= 0.6 is 0 Å². The van der Waals surface area contributed by atoms with Crippen LogP contribution in [0.1, 0.15) is 19.3 Å². The van der Waals surface area contributed by atoms with Gasteiger partial charge in [0.25, 0.3) is 0 Å². The fraction of sp³-hybridized carbons (Fsp3) is 0.389. The molecule has 0 radical (unpaired) electrons. The molecule has 1 aliphatic heterocycles. The largest absolute Gasteiger partial charge is 0.336 e. The van der Waals surface area contributed by atoms with Crippen molar-refractivity contribution in [1.29, 1.82) is 5.26 Å². The van der Waals surface area contributed by atoms with Gasteiger partial charge in [0.15, 0.2) is 9.84 Å². The van der Waals surface area contributed by atoms with Gasteiger partial charge in [-0.1, -0.05) is 0 Å². The molecule has 1 aliphatic carbocycles. The minimum Gasteiger partial charge on any atom is -0.336 e. The third kappa shape index (κ3) is 3.34. The monoisotopic (exact) mass is 385 g/mol. The lowest BCUT2D eigenvalue weighted by atomic mass is 10.2. The second kappa shape index (κ2) is 6.48. The van der Waals surface area contributed by atoms with E-state index in [9.17, 15) is 13.2 Å². The van der Waals surface area contributed by atoms with Crippen molar-refractivity contribution in [2.75, 3.05) is 6.54 Å². The number of imidazole rings is 1. The summed E-state index contributed by atoms with van der Waals surface area (Å²) < 4.78 is 27.6. The highest BCUT2D eigenvalue weighted by Gasteiger charge is 2.47. The number of aromatic nitrogens is 2. The first kappa shape index (κ1) is 17.7. The first-order chi connectivity index (χ1) is 12.9. The van der Waals surface area contributed by atoms with E-state index in [1.165, 1.54) is 0 Å². The highest BCUT2D eigenvalue weighted by atomic mass is 32.2. The van der Waals surface area contributed by atoms with Gasteiger partial charge in [-0.25, -0.2) is 13.4 Å². The molecule has 9 heteroatoms. The molecular weight excluding hydrogens is 366 g/mol. The molecular formula is C18H19N5O3S. The maximum absolute atomic E-state index is 12.9. The number of nitrogens with one attached hydrogen (secondary N) is 2. The summed E-state index contributed by atoms with van der Waals surface area (Å²) in [5, 5.41) is 14.1. The number of nitrogens with zero attached hydrogens (tertiary/aromatic N) is 3. The third-order valence-electron chi connectivity index (χ3n) is 5.14. The van der Waals surface area contributed by atoms with Crippen molar-refractivity contribution >= 4 is 15.7 Å². The second-order valence-electron chi connectivity index (χ2n) is 7.01. The standard InChI is InChI=1S/C18H19N5O3S/c19-11-18(5-6-18)22-17(24)16-9-15(10-21-16)27(25,26)14-3-1-13(2-4-14)23-8-7-20-12-23/h1-4,7-8,12,15-16,21H,5-6,9-10H2,(H,22,24). The molecule has 2 atom stereocenters. The van der Waals surface area contributed by atoms with Crippen LogP contribution in [0.5, 0.6) is 0 Å². The van der Waals surface area contributed by atoms with E-state index < -0.39 is 26.7 Å². The number of hydrogen-bond acceptors (Lipinski definition) is 6. The van der Waals surface area contributed by atoms with Crippen molar-refractivity contribution in [3.63, 3.8) is 0 Å². The molecule has 2 fully saturated rings. The molecule has 1 saturated heterocycles. The lowest BCUT2D eigenvalue weighted by Gasteiger charge is -2.14. The number of amides is 1. The van der Waals surface area contributed by atoms with Crippen LogP contribution < -0.4 is 10.6 Å². The Kier molecular flexibility index (Phi) is 4.25. The molecule has 1 saturated carbocycles. The van der Waals surface area contributed by atoms with Gasteiger partial charge in [-0.2, -0.15) is 5.26 Å². The molecule has 2 N–H and O–H groups in total. The number of nitriles is 1. The zero-order chi connectivity index (χ0) is 19.1. The van der Waals surface area contributed by atoms with E-state index in [2.05, 4.69) is 21.7 Å². The van der Waals surface area contributed by atoms with Crippen LogP contribution in [-0.2, 0) is 14.6 Å². The number of sulfone groups is 1. The number of hydrogen-bond donors (Lipinski definition) is 2. The maximum atomic E-state index is 12.9. The predicted molar refractivity (Wildman–Crippen MR) is 96.7 cm³/mol. The van der Waals surface area contributed by atoms with Crippen LogP contribution in [-0.4, -0.2) is 47.3 Å². The molecule has 2 heterocycles. The Balaban J connectivity index is 1.45.